The first-order valence-electron chi connectivity index (χ1n) is 6.23. The number of carbonyl (C=O) groups is 1. The molecule has 0 spiro atoms. The average Bonchev–Trinajstić information content (AvgIpc) is 3.19. The van der Waals surface area contributed by atoms with Crippen LogP contribution in [0.4, 0.5) is 0 Å². The normalized spacial score (nSPS) is 15.1. The molecule has 98 valence electrons. The summed E-state index contributed by atoms with van der Waals surface area (Å²) in [5.41, 5.74) is 0.764. The van der Waals surface area contributed by atoms with Crippen LogP contribution in [0.5, 0.6) is 0 Å². The van der Waals surface area contributed by atoms with Crippen molar-refractivity contribution >= 4 is 21.7 Å². The van der Waals surface area contributed by atoms with Gasteiger partial charge in [-0.1, -0.05) is 34.1 Å². The third-order valence-corrected chi connectivity index (χ3v) is 3.86. The topological polar surface area (TPSA) is 29.5 Å². The molecule has 0 amide bonds. The van der Waals surface area contributed by atoms with Crippen molar-refractivity contribution < 1.29 is 9.53 Å². The smallest absolute Gasteiger partial charge is 0.177 e. The van der Waals surface area contributed by atoms with E-state index in [1.165, 1.54) is 12.8 Å². The van der Waals surface area contributed by atoms with Crippen molar-refractivity contribution in [1.29, 1.82) is 0 Å². The number of hydrogen-bond donors (Lipinski definition) is 0. The largest absolute Gasteiger partial charge is 0.383 e. The molecule has 1 aliphatic rings. The molecule has 18 heavy (non-hydrogen) atoms. The summed E-state index contributed by atoms with van der Waals surface area (Å²) in [4.78, 5) is 14.5. The fourth-order valence-corrected chi connectivity index (χ4v) is 2.50. The molecule has 2 rings (SSSR count). The molecular weight excluding hydrogens is 294 g/mol. The number of ketones is 1. The van der Waals surface area contributed by atoms with Gasteiger partial charge in [-0.05, 0) is 18.9 Å². The monoisotopic (exact) mass is 311 g/mol. The second-order valence-corrected chi connectivity index (χ2v) is 5.45. The van der Waals surface area contributed by atoms with Crippen LogP contribution >= 0.6 is 15.9 Å². The molecule has 0 aromatic heterocycles. The van der Waals surface area contributed by atoms with Gasteiger partial charge in [0.05, 0.1) is 13.2 Å². The lowest BCUT2D eigenvalue weighted by Gasteiger charge is -2.20. The van der Waals surface area contributed by atoms with Gasteiger partial charge in [0, 0.05) is 29.7 Å². The van der Waals surface area contributed by atoms with E-state index in [9.17, 15) is 4.79 Å². The predicted molar refractivity (Wildman–Crippen MR) is 74.9 cm³/mol. The highest BCUT2D eigenvalue weighted by atomic mass is 79.9. The van der Waals surface area contributed by atoms with Gasteiger partial charge in [0.25, 0.3) is 0 Å². The molecule has 0 radical (unpaired) electrons. The maximum Gasteiger partial charge on any atom is 0.177 e. The number of halogens is 1. The molecule has 0 N–H and O–H groups in total. The summed E-state index contributed by atoms with van der Waals surface area (Å²) < 4.78 is 5.97. The second kappa shape index (κ2) is 6.45. The maximum atomic E-state index is 12.3. The molecular formula is C14H18BrNO2. The first-order valence-corrected chi connectivity index (χ1v) is 7.02. The highest BCUT2D eigenvalue weighted by Gasteiger charge is 2.30. The van der Waals surface area contributed by atoms with Crippen molar-refractivity contribution in [3.8, 4) is 0 Å². The van der Waals surface area contributed by atoms with Gasteiger partial charge in [-0.15, -0.1) is 0 Å². The van der Waals surface area contributed by atoms with Crippen LogP contribution in [0.25, 0.3) is 0 Å². The second-order valence-electron chi connectivity index (χ2n) is 4.60. The Bertz CT molecular complexity index is 418. The Kier molecular flexibility index (Phi) is 4.92. The summed E-state index contributed by atoms with van der Waals surface area (Å²) in [7, 11) is 1.70. The molecule has 0 saturated heterocycles. The zero-order valence-corrected chi connectivity index (χ0v) is 12.1. The van der Waals surface area contributed by atoms with Crippen LogP contribution in [0, 0.1) is 0 Å². The fourth-order valence-electron chi connectivity index (χ4n) is 2.00. The average molecular weight is 312 g/mol. The van der Waals surface area contributed by atoms with E-state index in [1.807, 2.05) is 24.3 Å². The standard InChI is InChI=1S/C14H18BrNO2/c1-18-9-8-16(11-6-7-11)10-14(17)12-4-2-3-5-13(12)15/h2-5,11H,6-10H2,1H3. The zero-order valence-electron chi connectivity index (χ0n) is 10.6. The zero-order chi connectivity index (χ0) is 13.0. The van der Waals surface area contributed by atoms with Crippen LogP contribution in [-0.2, 0) is 4.74 Å². The maximum absolute atomic E-state index is 12.3. The fraction of sp³-hybridized carbons (Fsp3) is 0.500. The number of rotatable bonds is 7. The van der Waals surface area contributed by atoms with Crippen molar-refractivity contribution in [3.05, 3.63) is 34.3 Å². The van der Waals surface area contributed by atoms with E-state index in [0.29, 0.717) is 19.2 Å². The van der Waals surface area contributed by atoms with Crippen molar-refractivity contribution in [3.63, 3.8) is 0 Å². The Hall–Kier alpha value is -0.710. The molecule has 1 aromatic rings. The van der Waals surface area contributed by atoms with Crippen molar-refractivity contribution in [2.45, 2.75) is 18.9 Å². The summed E-state index contributed by atoms with van der Waals surface area (Å²) >= 11 is 3.43. The van der Waals surface area contributed by atoms with Crippen LogP contribution in [-0.4, -0.2) is 43.5 Å². The molecule has 0 bridgehead atoms. The Morgan fingerprint density at radius 2 is 2.17 bits per heavy atom. The van der Waals surface area contributed by atoms with Gasteiger partial charge in [0.15, 0.2) is 5.78 Å². The SMILES string of the molecule is COCCN(CC(=O)c1ccccc1Br)C1CC1. The predicted octanol–water partition coefficient (Wildman–Crippen LogP) is 2.74. The minimum absolute atomic E-state index is 0.172. The van der Waals surface area contributed by atoms with E-state index in [1.54, 1.807) is 7.11 Å². The molecule has 1 saturated carbocycles. The molecule has 0 unspecified atom stereocenters. The minimum atomic E-state index is 0.172. The number of methoxy groups -OCH3 is 1. The lowest BCUT2D eigenvalue weighted by Crippen LogP contribution is -2.34. The Morgan fingerprint density at radius 3 is 2.78 bits per heavy atom. The number of ether oxygens (including phenoxy) is 1. The lowest BCUT2D eigenvalue weighted by atomic mass is 10.1. The van der Waals surface area contributed by atoms with Gasteiger partial charge in [0.1, 0.15) is 0 Å². The third-order valence-electron chi connectivity index (χ3n) is 3.17. The molecule has 0 heterocycles. The van der Waals surface area contributed by atoms with Crippen LogP contribution in [0.1, 0.15) is 23.2 Å². The number of carbonyl (C=O) groups excluding carboxylic acids is 1. The van der Waals surface area contributed by atoms with Crippen molar-refractivity contribution in [2.24, 2.45) is 0 Å². The highest BCUT2D eigenvalue weighted by Crippen LogP contribution is 2.27. The number of nitrogens with zero attached hydrogens (tertiary/aromatic N) is 1. The van der Waals surface area contributed by atoms with E-state index >= 15 is 0 Å². The van der Waals surface area contributed by atoms with Crippen LogP contribution in [0.15, 0.2) is 28.7 Å². The molecule has 0 atom stereocenters. The van der Waals surface area contributed by atoms with Gasteiger partial charge >= 0.3 is 0 Å². The van der Waals surface area contributed by atoms with Gasteiger partial charge < -0.3 is 4.74 Å². The summed E-state index contributed by atoms with van der Waals surface area (Å²) in [6.07, 6.45) is 2.40. The van der Waals surface area contributed by atoms with Gasteiger partial charge in [-0.25, -0.2) is 0 Å². The number of benzene rings is 1. The van der Waals surface area contributed by atoms with E-state index < -0.39 is 0 Å². The highest BCUT2D eigenvalue weighted by molar-refractivity contribution is 9.10. The van der Waals surface area contributed by atoms with Gasteiger partial charge in [-0.2, -0.15) is 0 Å². The summed E-state index contributed by atoms with van der Waals surface area (Å²) in [5.74, 6) is 0.172. The first kappa shape index (κ1) is 13.7. The van der Waals surface area contributed by atoms with E-state index in [2.05, 4.69) is 20.8 Å². The minimum Gasteiger partial charge on any atom is -0.383 e. The van der Waals surface area contributed by atoms with Crippen molar-refractivity contribution in [1.82, 2.24) is 4.90 Å². The Morgan fingerprint density at radius 1 is 1.44 bits per heavy atom. The molecule has 1 aliphatic carbocycles. The van der Waals surface area contributed by atoms with Crippen LogP contribution in [0.2, 0.25) is 0 Å². The third kappa shape index (κ3) is 3.64. The van der Waals surface area contributed by atoms with Gasteiger partial charge in [-0.3, -0.25) is 9.69 Å². The number of Topliss-reactive ketones (excluding diaryl/α,β-unsaturated/α-hetero) is 1. The molecule has 3 nitrogen and oxygen atoms in total. The van der Waals surface area contributed by atoms with Crippen LogP contribution in [0.3, 0.4) is 0 Å². The van der Waals surface area contributed by atoms with E-state index in [0.717, 1.165) is 16.6 Å². The Labute approximate surface area is 116 Å². The molecule has 1 fully saturated rings. The number of hydrogen-bond acceptors (Lipinski definition) is 3. The summed E-state index contributed by atoms with van der Waals surface area (Å²) in [6.45, 7) is 1.99. The van der Waals surface area contributed by atoms with Crippen LogP contribution < -0.4 is 0 Å². The lowest BCUT2D eigenvalue weighted by molar-refractivity contribution is 0.0885. The van der Waals surface area contributed by atoms with Gasteiger partial charge in [0.2, 0.25) is 0 Å². The first-order chi connectivity index (χ1) is 8.72. The quantitative estimate of drug-likeness (QED) is 0.725. The van der Waals surface area contributed by atoms with E-state index in [4.69, 9.17) is 4.74 Å². The van der Waals surface area contributed by atoms with E-state index in [-0.39, 0.29) is 5.78 Å². The molecule has 4 heteroatoms. The Balaban J connectivity index is 1.98. The van der Waals surface area contributed by atoms with Crippen molar-refractivity contribution in [2.75, 3.05) is 26.8 Å². The summed E-state index contributed by atoms with van der Waals surface area (Å²) in [5, 5.41) is 0. The molecule has 0 aliphatic heterocycles. The summed E-state index contributed by atoms with van der Waals surface area (Å²) in [6, 6.07) is 8.17. The molecule has 1 aromatic carbocycles.